The van der Waals surface area contributed by atoms with Crippen molar-refractivity contribution < 1.29 is 37.3 Å². The summed E-state index contributed by atoms with van der Waals surface area (Å²) in [5.74, 6) is -0.555. The van der Waals surface area contributed by atoms with Gasteiger partial charge in [0.15, 0.2) is 0 Å². The Morgan fingerprint density at radius 3 is 1.26 bits per heavy atom. The number of nitrogens with one attached hydrogen (secondary N) is 1. The van der Waals surface area contributed by atoms with E-state index in [9.17, 15) is 19.0 Å². The molecule has 0 radical (unpaired) electrons. The highest BCUT2D eigenvalue weighted by molar-refractivity contribution is 7.45. The fourth-order valence-electron chi connectivity index (χ4n) is 9.12. The third kappa shape index (κ3) is 54.7. The van der Waals surface area contributed by atoms with Gasteiger partial charge < -0.3 is 28.5 Å². The lowest BCUT2D eigenvalue weighted by molar-refractivity contribution is -0.870. The molecular weight excluding hydrogens is 940 g/mol. The highest BCUT2D eigenvalue weighted by Gasteiger charge is 2.27. The Balaban J connectivity index is 5.26. The Hall–Kier alpha value is -2.03. The van der Waals surface area contributed by atoms with Gasteiger partial charge in [0.1, 0.15) is 19.3 Å². The minimum Gasteiger partial charge on any atom is -0.756 e. The summed E-state index contributed by atoms with van der Waals surface area (Å²) < 4.78 is 30.3. The SMILES string of the molecule is CCCCC/C=C\C/C=C\C/C=C\CCCCCCC(=O)OC(/C=C/CCCCCCCCCCCC)C(COP(=O)([O-])OCC[N+](C)(C)C)NC(=O)CCCCCCCCCCCCCCCCCCCCC. The average molecular weight is 1060 g/mol. The number of rotatable bonds is 57. The van der Waals surface area contributed by atoms with E-state index in [1.165, 1.54) is 180 Å². The number of ether oxygens (including phenoxy) is 1. The number of esters is 1. The third-order valence-corrected chi connectivity index (χ3v) is 15.0. The smallest absolute Gasteiger partial charge is 0.306 e. The number of nitrogens with zero attached hydrogens (tertiary/aromatic N) is 1. The van der Waals surface area contributed by atoms with E-state index in [0.717, 1.165) is 77.0 Å². The predicted molar refractivity (Wildman–Crippen MR) is 316 cm³/mol. The van der Waals surface area contributed by atoms with Crippen molar-refractivity contribution in [3.63, 3.8) is 0 Å². The molecule has 0 heterocycles. The second-order valence-corrected chi connectivity index (χ2v) is 24.0. The zero-order valence-electron chi connectivity index (χ0n) is 49.6. The lowest BCUT2D eigenvalue weighted by atomic mass is 10.0. The molecule has 0 aromatic rings. The number of phosphoric ester groups is 1. The van der Waals surface area contributed by atoms with E-state index in [1.54, 1.807) is 0 Å². The number of amides is 1. The highest BCUT2D eigenvalue weighted by atomic mass is 31.2. The number of carbonyl (C=O) groups is 2. The number of carbonyl (C=O) groups excluding carboxylic acids is 2. The molecule has 0 rings (SSSR count). The Morgan fingerprint density at radius 1 is 0.473 bits per heavy atom. The second-order valence-electron chi connectivity index (χ2n) is 22.6. The van der Waals surface area contributed by atoms with Gasteiger partial charge in [0.2, 0.25) is 5.91 Å². The molecule has 0 saturated heterocycles. The summed E-state index contributed by atoms with van der Waals surface area (Å²) in [5.41, 5.74) is 0. The molecule has 9 nitrogen and oxygen atoms in total. The van der Waals surface area contributed by atoms with Crippen LogP contribution in [0.25, 0.3) is 0 Å². The molecule has 1 amide bonds. The summed E-state index contributed by atoms with van der Waals surface area (Å²) in [6.45, 7) is 6.83. The van der Waals surface area contributed by atoms with E-state index < -0.39 is 26.6 Å². The molecule has 0 aliphatic rings. The molecule has 0 bridgehead atoms. The molecule has 434 valence electrons. The molecule has 0 aromatic heterocycles. The van der Waals surface area contributed by atoms with E-state index in [4.69, 9.17) is 13.8 Å². The summed E-state index contributed by atoms with van der Waals surface area (Å²) in [6, 6.07) is -0.895. The maximum absolute atomic E-state index is 13.5. The normalized spacial score (nSPS) is 14.0. The first-order valence-corrected chi connectivity index (χ1v) is 32.9. The van der Waals surface area contributed by atoms with E-state index in [1.807, 2.05) is 33.3 Å². The van der Waals surface area contributed by atoms with Crippen LogP contribution in [0.15, 0.2) is 48.6 Å². The lowest BCUT2D eigenvalue weighted by Crippen LogP contribution is -2.47. The Morgan fingerprint density at radius 2 is 0.824 bits per heavy atom. The summed E-state index contributed by atoms with van der Waals surface area (Å²) in [7, 11) is 1.18. The first-order valence-electron chi connectivity index (χ1n) is 31.4. The Bertz CT molecular complexity index is 1410. The molecule has 0 aromatic carbocycles. The van der Waals surface area contributed by atoms with E-state index >= 15 is 0 Å². The van der Waals surface area contributed by atoms with Crippen molar-refractivity contribution in [3.8, 4) is 0 Å². The molecule has 0 aliphatic carbocycles. The van der Waals surface area contributed by atoms with Gasteiger partial charge in [-0.25, -0.2) is 0 Å². The molecule has 0 aliphatic heterocycles. The summed E-state index contributed by atoms with van der Waals surface area (Å²) in [4.78, 5) is 40.0. The Kier molecular flexibility index (Phi) is 52.8. The van der Waals surface area contributed by atoms with Gasteiger partial charge in [0.05, 0.1) is 33.8 Å². The molecule has 3 atom stereocenters. The minimum absolute atomic E-state index is 0.0249. The Labute approximate surface area is 458 Å². The fraction of sp³-hybridized carbons (Fsp3) is 0.844. The van der Waals surface area contributed by atoms with Crippen LogP contribution >= 0.6 is 7.82 Å². The quantitative estimate of drug-likeness (QED) is 0.0212. The van der Waals surface area contributed by atoms with Gasteiger partial charge in [-0.2, -0.15) is 0 Å². The first-order chi connectivity index (χ1) is 35.9. The highest BCUT2D eigenvalue weighted by Crippen LogP contribution is 2.38. The molecule has 10 heteroatoms. The number of hydrogen-bond donors (Lipinski definition) is 1. The molecular formula is C64H121N2O7P. The minimum atomic E-state index is -4.70. The molecule has 3 unspecified atom stereocenters. The van der Waals surface area contributed by atoms with Crippen molar-refractivity contribution in [2.24, 2.45) is 0 Å². The predicted octanol–water partition coefficient (Wildman–Crippen LogP) is 18.6. The summed E-state index contributed by atoms with van der Waals surface area (Å²) >= 11 is 0. The first kappa shape index (κ1) is 72.0. The van der Waals surface area contributed by atoms with Crippen molar-refractivity contribution in [3.05, 3.63) is 48.6 Å². The summed E-state index contributed by atoms with van der Waals surface area (Å²) in [6.07, 6.45) is 66.4. The van der Waals surface area contributed by atoms with Crippen molar-refractivity contribution in [2.45, 2.75) is 309 Å². The van der Waals surface area contributed by atoms with Crippen molar-refractivity contribution in [1.82, 2.24) is 5.32 Å². The van der Waals surface area contributed by atoms with Crippen LogP contribution in [0.4, 0.5) is 0 Å². The maximum Gasteiger partial charge on any atom is 0.306 e. The molecule has 0 saturated carbocycles. The van der Waals surface area contributed by atoms with Gasteiger partial charge in [-0.15, -0.1) is 0 Å². The summed E-state index contributed by atoms with van der Waals surface area (Å²) in [5, 5.41) is 3.03. The standard InChI is InChI=1S/C64H121N2O7P/c1-7-10-13-16-19-22-25-28-30-32-33-35-36-38-41-44-47-50-53-56-63(67)65-61(60-72-74(69,70)71-59-58-66(4,5)6)62(55-52-49-46-43-40-27-24-21-18-15-12-9-3)73-64(68)57-54-51-48-45-42-39-37-34-31-29-26-23-20-17-14-11-8-2/h20,23,29,31,37,39,52,55,61-62H,7-19,21-22,24-28,30,32-36,38,40-51,53-54,56-60H2,1-6H3,(H-,65,67,69,70)/b23-20-,31-29-,39-37-,55-52+. The number of allylic oxidation sites excluding steroid dienone is 7. The van der Waals surface area contributed by atoms with Crippen molar-refractivity contribution >= 4 is 19.7 Å². The van der Waals surface area contributed by atoms with Gasteiger partial charge in [-0.1, -0.05) is 262 Å². The topological polar surface area (TPSA) is 114 Å². The van der Waals surface area contributed by atoms with Crippen LogP contribution < -0.4 is 10.2 Å². The largest absolute Gasteiger partial charge is 0.756 e. The number of hydrogen-bond acceptors (Lipinski definition) is 7. The average Bonchev–Trinajstić information content (AvgIpc) is 3.36. The lowest BCUT2D eigenvalue weighted by Gasteiger charge is -2.30. The van der Waals surface area contributed by atoms with E-state index in [-0.39, 0.29) is 24.9 Å². The van der Waals surface area contributed by atoms with Crippen molar-refractivity contribution in [1.29, 1.82) is 0 Å². The van der Waals surface area contributed by atoms with Gasteiger partial charge in [0, 0.05) is 12.8 Å². The molecule has 0 fully saturated rings. The number of unbranched alkanes of at least 4 members (excludes halogenated alkanes) is 35. The van der Waals surface area contributed by atoms with Crippen LogP contribution in [-0.2, 0) is 27.9 Å². The van der Waals surface area contributed by atoms with Crippen LogP contribution in [0, 0.1) is 0 Å². The van der Waals surface area contributed by atoms with Gasteiger partial charge in [-0.05, 0) is 70.3 Å². The van der Waals surface area contributed by atoms with Crippen molar-refractivity contribution in [2.75, 3.05) is 40.9 Å². The molecule has 74 heavy (non-hydrogen) atoms. The van der Waals surface area contributed by atoms with Crippen LogP contribution in [0.1, 0.15) is 297 Å². The van der Waals surface area contributed by atoms with Gasteiger partial charge in [0.25, 0.3) is 7.82 Å². The number of quaternary nitrogens is 1. The number of likely N-dealkylation sites (N-methyl/N-ethyl adjacent to an activating group) is 1. The number of phosphoric acid groups is 1. The second kappa shape index (κ2) is 54.3. The fourth-order valence-corrected chi connectivity index (χ4v) is 9.84. The molecule has 1 N–H and O–H groups in total. The third-order valence-electron chi connectivity index (χ3n) is 14.0. The zero-order chi connectivity index (χ0) is 54.3. The van der Waals surface area contributed by atoms with Gasteiger partial charge in [-0.3, -0.25) is 14.2 Å². The molecule has 0 spiro atoms. The van der Waals surface area contributed by atoms with Crippen LogP contribution in [0.2, 0.25) is 0 Å². The van der Waals surface area contributed by atoms with Crippen LogP contribution in [0.3, 0.4) is 0 Å². The van der Waals surface area contributed by atoms with Gasteiger partial charge >= 0.3 is 5.97 Å². The zero-order valence-corrected chi connectivity index (χ0v) is 50.4. The van der Waals surface area contributed by atoms with Crippen LogP contribution in [0.5, 0.6) is 0 Å². The van der Waals surface area contributed by atoms with E-state index in [2.05, 4.69) is 62.5 Å². The maximum atomic E-state index is 13.5. The van der Waals surface area contributed by atoms with Crippen LogP contribution in [-0.4, -0.2) is 69.4 Å². The monoisotopic (exact) mass is 1060 g/mol. The van der Waals surface area contributed by atoms with E-state index in [0.29, 0.717) is 23.9 Å².